The average molecular weight is 333 g/mol. The van der Waals surface area contributed by atoms with E-state index < -0.39 is 10.0 Å². The summed E-state index contributed by atoms with van der Waals surface area (Å²) in [4.78, 5) is 0.355. The number of fused-ring (bicyclic) bond motifs is 1. The summed E-state index contributed by atoms with van der Waals surface area (Å²) < 4.78 is 32.2. The van der Waals surface area contributed by atoms with E-state index in [4.69, 9.17) is 4.74 Å². The minimum atomic E-state index is -3.36. The van der Waals surface area contributed by atoms with E-state index in [2.05, 4.69) is 5.32 Å². The van der Waals surface area contributed by atoms with Crippen molar-refractivity contribution in [2.45, 2.75) is 11.8 Å². The van der Waals surface area contributed by atoms with Gasteiger partial charge in [0.2, 0.25) is 10.0 Å². The van der Waals surface area contributed by atoms with Gasteiger partial charge in [-0.15, -0.1) is 12.4 Å². The predicted octanol–water partition coefficient (Wildman–Crippen LogP) is 1.35. The average Bonchev–Trinajstić information content (AvgIpc) is 3.00. The van der Waals surface area contributed by atoms with Crippen LogP contribution in [-0.4, -0.2) is 45.5 Å². The number of halogens is 1. The van der Waals surface area contributed by atoms with Gasteiger partial charge >= 0.3 is 0 Å². The molecule has 0 aliphatic carbocycles. The van der Waals surface area contributed by atoms with Crippen LogP contribution in [0, 0.1) is 11.8 Å². The van der Waals surface area contributed by atoms with E-state index in [-0.39, 0.29) is 12.4 Å². The SMILES string of the molecule is CCOc1ccc(S(=O)(=O)N2C[C@H]3CNC[C@H]3C2)cc1.Cl. The zero-order valence-electron chi connectivity index (χ0n) is 12.0. The Morgan fingerprint density at radius 2 is 1.76 bits per heavy atom. The van der Waals surface area contributed by atoms with Gasteiger partial charge in [-0.1, -0.05) is 0 Å². The lowest BCUT2D eigenvalue weighted by atomic mass is 10.0. The van der Waals surface area contributed by atoms with Gasteiger partial charge in [-0.3, -0.25) is 0 Å². The predicted molar refractivity (Wildman–Crippen MR) is 83.5 cm³/mol. The van der Waals surface area contributed by atoms with Gasteiger partial charge < -0.3 is 10.1 Å². The van der Waals surface area contributed by atoms with Crippen LogP contribution in [0.2, 0.25) is 0 Å². The van der Waals surface area contributed by atoms with Crippen molar-refractivity contribution in [3.8, 4) is 5.75 Å². The van der Waals surface area contributed by atoms with Crippen LogP contribution in [-0.2, 0) is 10.0 Å². The fourth-order valence-electron chi connectivity index (χ4n) is 3.03. The van der Waals surface area contributed by atoms with E-state index in [0.29, 0.717) is 42.2 Å². The molecule has 0 saturated carbocycles. The molecule has 7 heteroatoms. The second kappa shape index (κ2) is 6.52. The fourth-order valence-corrected chi connectivity index (χ4v) is 4.59. The molecule has 1 N–H and O–H groups in total. The van der Waals surface area contributed by atoms with Crippen molar-refractivity contribution >= 4 is 22.4 Å². The van der Waals surface area contributed by atoms with E-state index in [1.54, 1.807) is 28.6 Å². The summed E-state index contributed by atoms with van der Waals surface area (Å²) in [5.41, 5.74) is 0. The molecule has 21 heavy (non-hydrogen) atoms. The maximum atomic E-state index is 12.6. The summed E-state index contributed by atoms with van der Waals surface area (Å²) in [5, 5.41) is 3.32. The molecule has 2 fully saturated rings. The maximum Gasteiger partial charge on any atom is 0.243 e. The normalized spacial score (nSPS) is 25.4. The third kappa shape index (κ3) is 3.18. The van der Waals surface area contributed by atoms with Crippen LogP contribution >= 0.6 is 12.4 Å². The molecule has 3 rings (SSSR count). The minimum absolute atomic E-state index is 0. The molecule has 2 aliphatic rings. The molecule has 0 spiro atoms. The zero-order chi connectivity index (χ0) is 14.2. The molecule has 118 valence electrons. The number of sulfonamides is 1. The second-order valence-electron chi connectivity index (χ2n) is 5.40. The molecule has 2 atom stereocenters. The first-order valence-electron chi connectivity index (χ1n) is 7.05. The molecule has 0 bridgehead atoms. The maximum absolute atomic E-state index is 12.6. The summed E-state index contributed by atoms with van der Waals surface area (Å²) in [6, 6.07) is 6.70. The largest absolute Gasteiger partial charge is 0.494 e. The molecule has 2 saturated heterocycles. The van der Waals surface area contributed by atoms with Crippen molar-refractivity contribution in [2.75, 3.05) is 32.8 Å². The van der Waals surface area contributed by atoms with Gasteiger partial charge in [-0.05, 0) is 56.1 Å². The quantitative estimate of drug-likeness (QED) is 0.904. The number of hydrogen-bond donors (Lipinski definition) is 1. The van der Waals surface area contributed by atoms with Crippen molar-refractivity contribution < 1.29 is 13.2 Å². The van der Waals surface area contributed by atoms with Crippen molar-refractivity contribution in [3.05, 3.63) is 24.3 Å². The zero-order valence-corrected chi connectivity index (χ0v) is 13.6. The van der Waals surface area contributed by atoms with Crippen LogP contribution in [0.25, 0.3) is 0 Å². The van der Waals surface area contributed by atoms with Gasteiger partial charge in [0.25, 0.3) is 0 Å². The van der Waals surface area contributed by atoms with Crippen molar-refractivity contribution in [3.63, 3.8) is 0 Å². The molecule has 1 aromatic carbocycles. The van der Waals surface area contributed by atoms with Crippen LogP contribution in [0.3, 0.4) is 0 Å². The molecule has 0 amide bonds. The molecular weight excluding hydrogens is 312 g/mol. The summed E-state index contributed by atoms with van der Waals surface area (Å²) in [6.07, 6.45) is 0. The summed E-state index contributed by atoms with van der Waals surface area (Å²) in [6.45, 7) is 5.61. The van der Waals surface area contributed by atoms with E-state index in [1.807, 2.05) is 6.92 Å². The molecule has 1 aromatic rings. The van der Waals surface area contributed by atoms with E-state index in [0.717, 1.165) is 13.1 Å². The third-order valence-electron chi connectivity index (χ3n) is 4.13. The van der Waals surface area contributed by atoms with Crippen molar-refractivity contribution in [2.24, 2.45) is 11.8 Å². The highest BCUT2D eigenvalue weighted by atomic mass is 35.5. The molecule has 5 nitrogen and oxygen atoms in total. The summed E-state index contributed by atoms with van der Waals surface area (Å²) >= 11 is 0. The highest BCUT2D eigenvalue weighted by Crippen LogP contribution is 2.31. The van der Waals surface area contributed by atoms with Crippen LogP contribution in [0.5, 0.6) is 5.75 Å². The third-order valence-corrected chi connectivity index (χ3v) is 5.97. The standard InChI is InChI=1S/C14H20N2O3S.ClH/c1-2-19-13-3-5-14(6-4-13)20(17,18)16-9-11-7-15-8-12(11)10-16;/h3-6,11-12,15H,2,7-10H2,1H3;1H/t11-,12+;. The number of benzene rings is 1. The van der Waals surface area contributed by atoms with Gasteiger partial charge in [-0.25, -0.2) is 8.42 Å². The van der Waals surface area contributed by atoms with Gasteiger partial charge in [0.05, 0.1) is 11.5 Å². The Balaban J connectivity index is 0.00000161. The molecular formula is C14H21ClN2O3S. The summed E-state index contributed by atoms with van der Waals surface area (Å²) in [7, 11) is -3.36. The number of nitrogens with one attached hydrogen (secondary N) is 1. The molecule has 2 heterocycles. The molecule has 2 aliphatic heterocycles. The Kier molecular flexibility index (Phi) is 5.14. The Bertz CT molecular complexity index is 564. The molecule has 0 aromatic heterocycles. The Morgan fingerprint density at radius 1 is 1.19 bits per heavy atom. The van der Waals surface area contributed by atoms with E-state index in [9.17, 15) is 8.42 Å². The lowest BCUT2D eigenvalue weighted by Gasteiger charge is -2.17. The van der Waals surface area contributed by atoms with Crippen molar-refractivity contribution in [1.29, 1.82) is 0 Å². The second-order valence-corrected chi connectivity index (χ2v) is 7.34. The highest BCUT2D eigenvalue weighted by molar-refractivity contribution is 7.89. The molecule has 0 unspecified atom stereocenters. The van der Waals surface area contributed by atoms with Gasteiger partial charge in [0.1, 0.15) is 5.75 Å². The minimum Gasteiger partial charge on any atom is -0.494 e. The van der Waals surface area contributed by atoms with Gasteiger partial charge in [0.15, 0.2) is 0 Å². The Hall–Kier alpha value is -0.820. The van der Waals surface area contributed by atoms with Crippen LogP contribution in [0.1, 0.15) is 6.92 Å². The fraction of sp³-hybridized carbons (Fsp3) is 0.571. The first-order chi connectivity index (χ1) is 9.61. The lowest BCUT2D eigenvalue weighted by molar-refractivity contribution is 0.340. The monoisotopic (exact) mass is 332 g/mol. The van der Waals surface area contributed by atoms with E-state index in [1.165, 1.54) is 0 Å². The number of nitrogens with zero attached hydrogens (tertiary/aromatic N) is 1. The Labute approximate surface area is 132 Å². The highest BCUT2D eigenvalue weighted by Gasteiger charge is 2.41. The first-order valence-corrected chi connectivity index (χ1v) is 8.49. The number of rotatable bonds is 4. The smallest absolute Gasteiger partial charge is 0.243 e. The topological polar surface area (TPSA) is 58.6 Å². The van der Waals surface area contributed by atoms with Crippen LogP contribution in [0.15, 0.2) is 29.2 Å². The first kappa shape index (κ1) is 16.5. The van der Waals surface area contributed by atoms with Crippen molar-refractivity contribution in [1.82, 2.24) is 9.62 Å². The van der Waals surface area contributed by atoms with Gasteiger partial charge in [0, 0.05) is 13.1 Å². The number of ether oxygens (including phenoxy) is 1. The van der Waals surface area contributed by atoms with Crippen LogP contribution in [0.4, 0.5) is 0 Å². The van der Waals surface area contributed by atoms with Gasteiger partial charge in [-0.2, -0.15) is 4.31 Å². The molecule has 0 radical (unpaired) electrons. The Morgan fingerprint density at radius 3 is 2.29 bits per heavy atom. The van der Waals surface area contributed by atoms with E-state index >= 15 is 0 Å². The lowest BCUT2D eigenvalue weighted by Crippen LogP contribution is -2.31. The number of hydrogen-bond acceptors (Lipinski definition) is 4. The summed E-state index contributed by atoms with van der Waals surface area (Å²) in [5.74, 6) is 1.63. The van der Waals surface area contributed by atoms with Crippen LogP contribution < -0.4 is 10.1 Å².